The summed E-state index contributed by atoms with van der Waals surface area (Å²) >= 11 is 0. The Bertz CT molecular complexity index is 2480. The Morgan fingerprint density at radius 3 is 1.23 bits per heavy atom. The smallest absolute Gasteiger partial charge is 0.744 e. The third kappa shape index (κ3) is 15.3. The fraction of sp³-hybridized carbons (Fsp3) is 0.176. The molecule has 0 spiro atoms. The van der Waals surface area contributed by atoms with E-state index in [4.69, 9.17) is 9.47 Å². The number of methoxy groups -OCH3 is 2. The summed E-state index contributed by atoms with van der Waals surface area (Å²) in [5.41, 5.74) is -2.09. The number of hydrogen-bond acceptors (Lipinski definition) is 20. The largest absolute Gasteiger partial charge is 2.00 e. The van der Waals surface area contributed by atoms with Crippen molar-refractivity contribution in [3.8, 4) is 11.5 Å². The van der Waals surface area contributed by atoms with E-state index in [0.29, 0.717) is 0 Å². The van der Waals surface area contributed by atoms with E-state index < -0.39 is 87.3 Å². The second-order valence-electron chi connectivity index (χ2n) is 11.7. The molecule has 316 valence electrons. The third-order valence-corrected chi connectivity index (χ3v) is 8.93. The maximum absolute atomic E-state index is 11.9. The Labute approximate surface area is 385 Å². The summed E-state index contributed by atoms with van der Waals surface area (Å²) in [6, 6.07) is 13.6. The van der Waals surface area contributed by atoms with Crippen molar-refractivity contribution < 1.29 is 64.4 Å². The first-order chi connectivity index (χ1) is 28.0. The van der Waals surface area contributed by atoms with E-state index >= 15 is 0 Å². The predicted octanol–water partition coefficient (Wildman–Crippen LogP) is 5.30. The summed E-state index contributed by atoms with van der Waals surface area (Å²) in [5, 5.41) is 41.8. The van der Waals surface area contributed by atoms with Crippen molar-refractivity contribution in [2.45, 2.75) is 36.5 Å². The standard InChI is InChI=1S/2C17H16N4O8S.Ba/c2*1-10(22)8-16(23)18-12-4-3-5-14(29-2)17(12)20-19-13-9-11(21(24)25)6-7-15(13)30(26,27)28;/h2*3-7,9H,8H2,1-2H3,(H,18,23)(H,26,27,28);/q;;+2/p-2. The third-order valence-electron chi connectivity index (χ3n) is 7.17. The predicted molar refractivity (Wildman–Crippen MR) is 210 cm³/mol. The van der Waals surface area contributed by atoms with Crippen LogP contribution in [-0.4, -0.2) is 122 Å². The normalized spacial score (nSPS) is 11.1. The van der Waals surface area contributed by atoms with Crippen LogP contribution in [0.4, 0.5) is 45.5 Å². The Hall–Kier alpha value is -5.85. The topological polar surface area (TPSA) is 361 Å². The number of nitrogens with one attached hydrogen (secondary N) is 2. The summed E-state index contributed by atoms with van der Waals surface area (Å²) in [7, 11) is -7.40. The van der Waals surface area contributed by atoms with Gasteiger partial charge in [0.2, 0.25) is 11.8 Å². The van der Waals surface area contributed by atoms with Crippen LogP contribution < -0.4 is 20.1 Å². The minimum Gasteiger partial charge on any atom is -0.744 e. The summed E-state index contributed by atoms with van der Waals surface area (Å²) in [6.45, 7) is 2.47. The Morgan fingerprint density at radius 1 is 0.607 bits per heavy atom. The zero-order chi connectivity index (χ0) is 44.9. The number of anilines is 2. The van der Waals surface area contributed by atoms with Gasteiger partial charge in [-0.05, 0) is 50.2 Å². The number of azo groups is 2. The van der Waals surface area contributed by atoms with Crippen molar-refractivity contribution in [1.29, 1.82) is 0 Å². The number of hydrogen-bond donors (Lipinski definition) is 2. The molecule has 0 aliphatic heterocycles. The number of amides is 2. The number of Topliss-reactive ketones (excluding diaryl/α,β-unsaturated/α-hetero) is 2. The fourth-order valence-electron chi connectivity index (χ4n) is 4.65. The number of nitro benzene ring substituents is 2. The number of ether oxygens (including phenoxy) is 2. The summed E-state index contributed by atoms with van der Waals surface area (Å²) in [4.78, 5) is 64.8. The van der Waals surface area contributed by atoms with Crippen LogP contribution in [0.1, 0.15) is 26.7 Å². The van der Waals surface area contributed by atoms with Gasteiger partial charge in [-0.1, -0.05) is 12.1 Å². The van der Waals surface area contributed by atoms with Crippen LogP contribution in [0.15, 0.2) is 103 Å². The van der Waals surface area contributed by atoms with Crippen LogP contribution >= 0.6 is 0 Å². The van der Waals surface area contributed by atoms with E-state index in [0.717, 1.165) is 36.4 Å². The van der Waals surface area contributed by atoms with E-state index in [1.54, 1.807) is 0 Å². The van der Waals surface area contributed by atoms with E-state index in [1.807, 2.05) is 0 Å². The van der Waals surface area contributed by atoms with Gasteiger partial charge in [-0.3, -0.25) is 39.4 Å². The second-order valence-corrected chi connectivity index (χ2v) is 14.4. The van der Waals surface area contributed by atoms with Gasteiger partial charge in [-0.2, -0.15) is 0 Å². The first-order valence-electron chi connectivity index (χ1n) is 16.3. The number of benzene rings is 4. The number of carbonyl (C=O) groups excluding carboxylic acids is 4. The molecular formula is C34H30BaN8O16S2. The van der Waals surface area contributed by atoms with Crippen LogP contribution in [-0.2, 0) is 39.4 Å². The van der Waals surface area contributed by atoms with Gasteiger partial charge >= 0.3 is 48.9 Å². The quantitative estimate of drug-likeness (QED) is 0.0359. The molecule has 4 aromatic carbocycles. The molecule has 0 unspecified atom stereocenters. The second kappa shape index (κ2) is 22.7. The molecule has 4 rings (SSSR count). The molecule has 0 fully saturated rings. The number of carbonyl (C=O) groups is 4. The monoisotopic (exact) mass is 1010 g/mol. The molecule has 4 aromatic rings. The van der Waals surface area contributed by atoms with Gasteiger partial charge in [0.25, 0.3) is 11.4 Å². The van der Waals surface area contributed by atoms with Gasteiger partial charge < -0.3 is 29.2 Å². The van der Waals surface area contributed by atoms with Crippen molar-refractivity contribution in [3.05, 3.63) is 93.0 Å². The molecule has 2 N–H and O–H groups in total. The van der Waals surface area contributed by atoms with Gasteiger partial charge in [0.1, 0.15) is 54.7 Å². The molecule has 0 saturated carbocycles. The minimum atomic E-state index is -5.00. The first kappa shape index (κ1) is 51.3. The molecule has 0 aliphatic rings. The molecule has 0 radical (unpaired) electrons. The summed E-state index contributed by atoms with van der Waals surface area (Å²) in [5.74, 6) is -1.77. The van der Waals surface area contributed by atoms with Crippen molar-refractivity contribution in [2.24, 2.45) is 20.5 Å². The molecule has 0 aliphatic carbocycles. The molecule has 0 aromatic heterocycles. The molecule has 27 heteroatoms. The molecule has 2 amide bonds. The Balaban J connectivity index is 0.000000413. The SMILES string of the molecule is COc1cccc(NC(=O)CC(C)=O)c1N=Nc1cc([N+](=O)[O-])ccc1S(=O)(=O)[O-].COc1cccc(NC(=O)CC(C)=O)c1N=Nc1cc([N+](=O)[O-])ccc1S(=O)(=O)[O-].[Ba+2]. The van der Waals surface area contributed by atoms with Crippen LogP contribution in [0.25, 0.3) is 0 Å². The molecule has 0 bridgehead atoms. The molecule has 0 saturated heterocycles. The van der Waals surface area contributed by atoms with Gasteiger partial charge in [-0.15, -0.1) is 20.5 Å². The number of ketones is 2. The number of rotatable bonds is 16. The molecule has 61 heavy (non-hydrogen) atoms. The van der Waals surface area contributed by atoms with Crippen molar-refractivity contribution >= 4 is 138 Å². The summed E-state index contributed by atoms with van der Waals surface area (Å²) < 4.78 is 78.9. The summed E-state index contributed by atoms with van der Waals surface area (Å²) in [6.07, 6.45) is -0.783. The van der Waals surface area contributed by atoms with Crippen molar-refractivity contribution in [1.82, 2.24) is 0 Å². The van der Waals surface area contributed by atoms with E-state index in [2.05, 4.69) is 31.1 Å². The van der Waals surface area contributed by atoms with Crippen molar-refractivity contribution in [2.75, 3.05) is 24.9 Å². The van der Waals surface area contributed by atoms with Crippen molar-refractivity contribution in [3.63, 3.8) is 0 Å². The molecular weight excluding hydrogens is 978 g/mol. The van der Waals surface area contributed by atoms with Crippen LogP contribution in [0.3, 0.4) is 0 Å². The van der Waals surface area contributed by atoms with Gasteiger partial charge in [0, 0.05) is 24.3 Å². The average molecular weight is 1010 g/mol. The number of non-ortho nitro benzene ring substituents is 2. The molecule has 0 atom stereocenters. The first-order valence-corrected chi connectivity index (χ1v) is 19.1. The maximum Gasteiger partial charge on any atom is 2.00 e. The minimum absolute atomic E-state index is 0. The zero-order valence-corrected chi connectivity index (χ0v) is 38.2. The van der Waals surface area contributed by atoms with Gasteiger partial charge in [0.15, 0.2) is 11.4 Å². The Morgan fingerprint density at radius 2 is 0.951 bits per heavy atom. The van der Waals surface area contributed by atoms with E-state index in [9.17, 15) is 65.3 Å². The average Bonchev–Trinajstić information content (AvgIpc) is 3.15. The number of nitro groups is 2. The van der Waals surface area contributed by atoms with E-state index in [-0.39, 0.29) is 94.7 Å². The molecule has 0 heterocycles. The zero-order valence-electron chi connectivity index (χ0n) is 32.1. The number of nitrogens with zero attached hydrogens (tertiary/aromatic N) is 6. The Kier molecular flexibility index (Phi) is 19.1. The maximum atomic E-state index is 11.9. The fourth-order valence-corrected chi connectivity index (χ4v) is 5.83. The molecule has 24 nitrogen and oxygen atoms in total. The van der Waals surface area contributed by atoms with Gasteiger partial charge in [0.05, 0.1) is 58.1 Å². The van der Waals surface area contributed by atoms with Gasteiger partial charge in [-0.25, -0.2) is 16.8 Å². The van der Waals surface area contributed by atoms with E-state index in [1.165, 1.54) is 64.5 Å². The van der Waals surface area contributed by atoms with Crippen LogP contribution in [0.5, 0.6) is 11.5 Å². The van der Waals surface area contributed by atoms with Crippen LogP contribution in [0.2, 0.25) is 0 Å². The van der Waals surface area contributed by atoms with Crippen LogP contribution in [0, 0.1) is 20.2 Å².